The summed E-state index contributed by atoms with van der Waals surface area (Å²) in [6, 6.07) is 5.40. The van der Waals surface area contributed by atoms with Gasteiger partial charge >= 0.3 is 20.2 Å². The van der Waals surface area contributed by atoms with Crippen LogP contribution in [0.25, 0.3) is 10.8 Å². The second-order valence-corrected chi connectivity index (χ2v) is 9.36. The zero-order chi connectivity index (χ0) is 18.3. The van der Waals surface area contributed by atoms with Gasteiger partial charge in [-0.1, -0.05) is 0 Å². The lowest BCUT2D eigenvalue weighted by atomic mass is 10.1. The van der Waals surface area contributed by atoms with Crippen LogP contribution in [0.2, 0.25) is 0 Å². The zero-order valence-corrected chi connectivity index (χ0v) is 14.8. The van der Waals surface area contributed by atoms with Gasteiger partial charge in [-0.2, -0.15) is 25.3 Å². The molecule has 0 radical (unpaired) electrons. The number of hydrogen-bond donors (Lipinski definition) is 1. The van der Waals surface area contributed by atoms with Crippen LogP contribution >= 0.6 is 0 Å². The van der Waals surface area contributed by atoms with Gasteiger partial charge in [0, 0.05) is 10.8 Å². The summed E-state index contributed by atoms with van der Waals surface area (Å²) in [5, 5.41) is -0.142. The Morgan fingerprint density at radius 1 is 0.792 bits per heavy atom. The average Bonchev–Trinajstić information content (AvgIpc) is 2.34. The Morgan fingerprint density at radius 3 is 1.88 bits per heavy atom. The summed E-state index contributed by atoms with van der Waals surface area (Å²) < 4.78 is 86.6. The lowest BCUT2D eigenvalue weighted by Gasteiger charge is -2.11. The minimum Gasteiger partial charge on any atom is -0.383 e. The first-order chi connectivity index (χ1) is 10.8. The van der Waals surface area contributed by atoms with E-state index in [0.717, 1.165) is 42.8 Å². The molecule has 132 valence electrons. The van der Waals surface area contributed by atoms with Gasteiger partial charge in [0.25, 0.3) is 10.1 Å². The van der Waals surface area contributed by atoms with Crippen LogP contribution in [0.4, 0.5) is 0 Å². The van der Waals surface area contributed by atoms with Crippen LogP contribution in [0.15, 0.2) is 35.2 Å². The maximum absolute atomic E-state index is 11.4. The molecule has 0 fully saturated rings. The van der Waals surface area contributed by atoms with Gasteiger partial charge in [0.2, 0.25) is 0 Å². The highest BCUT2D eigenvalue weighted by atomic mass is 32.2. The van der Waals surface area contributed by atoms with Crippen molar-refractivity contribution in [3.05, 3.63) is 30.3 Å². The van der Waals surface area contributed by atoms with Crippen molar-refractivity contribution in [1.29, 1.82) is 0 Å². The lowest BCUT2D eigenvalue weighted by molar-refractivity contribution is 0.483. The molecule has 0 aliphatic carbocycles. The van der Waals surface area contributed by atoms with E-state index in [0.29, 0.717) is 0 Å². The standard InChI is InChI=1S/C12H12O9S3/c1-22(13,14)20-8-3-4-9-10(7-8)11(21-23(2,15)16)5-6-12(9)24(17,18)19/h3-7H,1-2H3,(H,17,18,19). The molecule has 0 unspecified atom stereocenters. The van der Waals surface area contributed by atoms with Gasteiger partial charge in [0.05, 0.1) is 12.5 Å². The van der Waals surface area contributed by atoms with Crippen molar-refractivity contribution >= 4 is 41.1 Å². The van der Waals surface area contributed by atoms with Gasteiger partial charge in [-0.15, -0.1) is 0 Å². The molecule has 0 heterocycles. The third-order valence-corrected chi connectivity index (χ3v) is 4.56. The summed E-state index contributed by atoms with van der Waals surface area (Å²) in [5.74, 6) is -0.435. The molecule has 0 amide bonds. The maximum Gasteiger partial charge on any atom is 0.306 e. The van der Waals surface area contributed by atoms with Crippen LogP contribution in [-0.4, -0.2) is 42.3 Å². The van der Waals surface area contributed by atoms with Gasteiger partial charge in [-0.05, 0) is 30.3 Å². The maximum atomic E-state index is 11.4. The van der Waals surface area contributed by atoms with Crippen molar-refractivity contribution in [2.24, 2.45) is 0 Å². The summed E-state index contributed by atoms with van der Waals surface area (Å²) in [5.41, 5.74) is 0. The number of fused-ring (bicyclic) bond motifs is 1. The van der Waals surface area contributed by atoms with Crippen molar-refractivity contribution < 1.29 is 38.2 Å². The summed E-state index contributed by atoms with van der Waals surface area (Å²) in [6.07, 6.45) is 1.59. The van der Waals surface area contributed by atoms with E-state index in [-0.39, 0.29) is 22.3 Å². The summed E-state index contributed by atoms with van der Waals surface area (Å²) >= 11 is 0. The Bertz CT molecular complexity index is 1110. The minimum atomic E-state index is -4.60. The third-order valence-electron chi connectivity index (χ3n) is 2.67. The molecule has 12 heteroatoms. The molecule has 0 aliphatic heterocycles. The van der Waals surface area contributed by atoms with Gasteiger partial charge < -0.3 is 8.37 Å². The fraction of sp³-hybridized carbons (Fsp3) is 0.167. The Labute approximate surface area is 138 Å². The highest BCUT2D eigenvalue weighted by Gasteiger charge is 2.19. The van der Waals surface area contributed by atoms with Gasteiger partial charge in [-0.3, -0.25) is 4.55 Å². The molecular weight excluding hydrogens is 384 g/mol. The number of hydrogen-bond acceptors (Lipinski definition) is 8. The van der Waals surface area contributed by atoms with Crippen LogP contribution in [0, 0.1) is 0 Å². The van der Waals surface area contributed by atoms with Gasteiger partial charge in [0.1, 0.15) is 10.6 Å². The molecule has 2 aromatic carbocycles. The SMILES string of the molecule is CS(=O)(=O)Oc1ccc2c(S(=O)(=O)O)ccc(OS(C)(=O)=O)c2c1. The van der Waals surface area contributed by atoms with Crippen molar-refractivity contribution in [3.8, 4) is 11.5 Å². The van der Waals surface area contributed by atoms with E-state index in [1.54, 1.807) is 0 Å². The molecule has 0 atom stereocenters. The molecule has 2 aromatic rings. The van der Waals surface area contributed by atoms with Crippen molar-refractivity contribution in [1.82, 2.24) is 0 Å². The fourth-order valence-electron chi connectivity index (χ4n) is 1.96. The van der Waals surface area contributed by atoms with Crippen LogP contribution < -0.4 is 8.37 Å². The van der Waals surface area contributed by atoms with E-state index in [2.05, 4.69) is 4.18 Å². The third kappa shape index (κ3) is 4.56. The zero-order valence-electron chi connectivity index (χ0n) is 12.3. The van der Waals surface area contributed by atoms with E-state index in [9.17, 15) is 29.8 Å². The predicted octanol–water partition coefficient (Wildman–Crippen LogP) is 0.763. The predicted molar refractivity (Wildman–Crippen MR) is 84.7 cm³/mol. The summed E-state index contributed by atoms with van der Waals surface area (Å²) in [4.78, 5) is -0.496. The number of benzene rings is 2. The van der Waals surface area contributed by atoms with E-state index < -0.39 is 35.2 Å². The molecule has 0 saturated heterocycles. The Morgan fingerprint density at radius 2 is 1.38 bits per heavy atom. The van der Waals surface area contributed by atoms with Crippen molar-refractivity contribution in [3.63, 3.8) is 0 Å². The van der Waals surface area contributed by atoms with E-state index in [4.69, 9.17) is 4.18 Å². The number of rotatable bonds is 5. The monoisotopic (exact) mass is 396 g/mol. The molecular formula is C12H12O9S3. The normalized spacial score (nSPS) is 13.0. The molecule has 0 aromatic heterocycles. The van der Waals surface area contributed by atoms with Crippen LogP contribution in [0.3, 0.4) is 0 Å². The summed E-state index contributed by atoms with van der Waals surface area (Å²) in [6.45, 7) is 0. The van der Waals surface area contributed by atoms with E-state index in [1.807, 2.05) is 0 Å². The molecule has 24 heavy (non-hydrogen) atoms. The highest BCUT2D eigenvalue weighted by molar-refractivity contribution is 7.86. The second-order valence-electron chi connectivity index (χ2n) is 4.82. The second kappa shape index (κ2) is 5.88. The van der Waals surface area contributed by atoms with Gasteiger partial charge in [0.15, 0.2) is 5.75 Å². The minimum absolute atomic E-state index is 0.0699. The Kier molecular flexibility index (Phi) is 4.52. The first-order valence-corrected chi connectivity index (χ1v) is 11.2. The molecule has 0 aliphatic rings. The van der Waals surface area contributed by atoms with Crippen LogP contribution in [0.5, 0.6) is 11.5 Å². The van der Waals surface area contributed by atoms with Crippen molar-refractivity contribution in [2.75, 3.05) is 12.5 Å². The van der Waals surface area contributed by atoms with Crippen molar-refractivity contribution in [2.45, 2.75) is 4.90 Å². The van der Waals surface area contributed by atoms with Crippen LogP contribution in [-0.2, 0) is 30.4 Å². The summed E-state index contributed by atoms with van der Waals surface area (Å²) in [7, 11) is -12.4. The molecule has 2 rings (SSSR count). The van der Waals surface area contributed by atoms with E-state index >= 15 is 0 Å². The highest BCUT2D eigenvalue weighted by Crippen LogP contribution is 2.34. The fourth-order valence-corrected chi connectivity index (χ4v) is 3.58. The Balaban J connectivity index is 2.81. The van der Waals surface area contributed by atoms with Crippen LogP contribution in [0.1, 0.15) is 0 Å². The van der Waals surface area contributed by atoms with E-state index in [1.165, 1.54) is 0 Å². The molecule has 9 nitrogen and oxygen atoms in total. The molecule has 0 bridgehead atoms. The average molecular weight is 396 g/mol. The smallest absolute Gasteiger partial charge is 0.306 e. The first-order valence-electron chi connectivity index (χ1n) is 6.09. The molecule has 0 saturated carbocycles. The lowest BCUT2D eigenvalue weighted by Crippen LogP contribution is -2.08. The molecule has 1 N–H and O–H groups in total. The molecule has 0 spiro atoms. The largest absolute Gasteiger partial charge is 0.383 e. The quantitative estimate of drug-likeness (QED) is 0.572. The first kappa shape index (κ1) is 18.4. The Hall–Kier alpha value is -1.89. The topological polar surface area (TPSA) is 141 Å². The van der Waals surface area contributed by atoms with Gasteiger partial charge in [-0.25, -0.2) is 0 Å².